The van der Waals surface area contributed by atoms with Crippen LogP contribution in [-0.4, -0.2) is 86.3 Å². The summed E-state index contributed by atoms with van der Waals surface area (Å²) < 4.78 is 10.2. The van der Waals surface area contributed by atoms with Gasteiger partial charge >= 0.3 is 5.97 Å². The van der Waals surface area contributed by atoms with Crippen LogP contribution in [0.2, 0.25) is 0 Å². The number of carbonyl (C=O) groups excluding carboxylic acids is 2. The molecule has 1 N–H and O–H groups in total. The minimum atomic E-state index is -0.385. The maximum atomic E-state index is 12.8. The Balaban J connectivity index is 1.13. The second-order valence-electron chi connectivity index (χ2n) is 9.24. The molecule has 2 fully saturated rings. The fourth-order valence-electron chi connectivity index (χ4n) is 4.64. The number of benzene rings is 2. The molecule has 1 aromatic heterocycles. The van der Waals surface area contributed by atoms with Crippen molar-refractivity contribution in [3.05, 3.63) is 71.9 Å². The highest BCUT2D eigenvalue weighted by molar-refractivity contribution is 5.89. The molecule has 38 heavy (non-hydrogen) atoms. The summed E-state index contributed by atoms with van der Waals surface area (Å²) in [5.41, 5.74) is 3.45. The van der Waals surface area contributed by atoms with E-state index < -0.39 is 0 Å². The number of methoxy groups -OCH3 is 1. The highest BCUT2D eigenvalue weighted by Gasteiger charge is 2.22. The molecule has 198 valence electrons. The summed E-state index contributed by atoms with van der Waals surface area (Å²) in [6, 6.07) is 17.1. The van der Waals surface area contributed by atoms with Crippen molar-refractivity contribution in [3.8, 4) is 0 Å². The zero-order valence-corrected chi connectivity index (χ0v) is 21.5. The first kappa shape index (κ1) is 25.5. The molecule has 3 aromatic rings. The summed E-state index contributed by atoms with van der Waals surface area (Å²) in [5, 5.41) is 3.30. The van der Waals surface area contributed by atoms with E-state index in [0.717, 1.165) is 43.4 Å². The number of aromatic nitrogens is 2. The molecule has 10 nitrogen and oxygen atoms in total. The summed E-state index contributed by atoms with van der Waals surface area (Å²) in [7, 11) is 1.35. The average molecular weight is 517 g/mol. The summed E-state index contributed by atoms with van der Waals surface area (Å²) in [6.07, 6.45) is 2.05. The Morgan fingerprint density at radius 3 is 2.29 bits per heavy atom. The Hall–Kier alpha value is -4.18. The monoisotopic (exact) mass is 516 g/mol. The number of amides is 1. The molecule has 0 spiro atoms. The van der Waals surface area contributed by atoms with Gasteiger partial charge in [-0.2, -0.15) is 4.98 Å². The Kier molecular flexibility index (Phi) is 7.98. The molecule has 3 heterocycles. The summed E-state index contributed by atoms with van der Waals surface area (Å²) in [5.74, 6) is 1.05. The van der Waals surface area contributed by atoms with Crippen LogP contribution in [0.5, 0.6) is 0 Å². The van der Waals surface area contributed by atoms with Crippen molar-refractivity contribution in [1.29, 1.82) is 0 Å². The van der Waals surface area contributed by atoms with Gasteiger partial charge in [-0.15, -0.1) is 0 Å². The molecule has 1 amide bonds. The van der Waals surface area contributed by atoms with Crippen LogP contribution < -0.4 is 15.1 Å². The zero-order chi connectivity index (χ0) is 26.3. The van der Waals surface area contributed by atoms with E-state index in [4.69, 9.17) is 14.5 Å². The number of hydrogen-bond donors (Lipinski definition) is 1. The summed E-state index contributed by atoms with van der Waals surface area (Å²) in [6.45, 7) is 5.95. The molecule has 5 rings (SSSR count). The second kappa shape index (κ2) is 11.9. The highest BCUT2D eigenvalue weighted by atomic mass is 16.5. The van der Waals surface area contributed by atoms with Gasteiger partial charge in [0, 0.05) is 56.8 Å². The number of nitrogens with zero attached hydrogens (tertiary/aromatic N) is 5. The summed E-state index contributed by atoms with van der Waals surface area (Å²) >= 11 is 0. The van der Waals surface area contributed by atoms with Crippen molar-refractivity contribution >= 4 is 35.0 Å². The fourth-order valence-corrected chi connectivity index (χ4v) is 4.64. The van der Waals surface area contributed by atoms with Crippen LogP contribution in [0.3, 0.4) is 0 Å². The van der Waals surface area contributed by atoms with E-state index in [9.17, 15) is 9.59 Å². The molecule has 0 unspecified atom stereocenters. The smallest absolute Gasteiger partial charge is 0.337 e. The van der Waals surface area contributed by atoms with Gasteiger partial charge in [0.1, 0.15) is 5.82 Å². The third-order valence-corrected chi connectivity index (χ3v) is 6.83. The third-order valence-electron chi connectivity index (χ3n) is 6.83. The topological polar surface area (TPSA) is 100 Å². The molecule has 2 aliphatic heterocycles. The maximum Gasteiger partial charge on any atom is 0.337 e. The molecular formula is C28H32N6O4. The molecule has 0 bridgehead atoms. The van der Waals surface area contributed by atoms with Crippen molar-refractivity contribution in [2.45, 2.75) is 6.42 Å². The van der Waals surface area contributed by atoms with Gasteiger partial charge < -0.3 is 29.5 Å². The fraction of sp³-hybridized carbons (Fsp3) is 0.357. The molecular weight excluding hydrogens is 484 g/mol. The first-order valence-corrected chi connectivity index (χ1v) is 12.8. The van der Waals surface area contributed by atoms with E-state index in [1.165, 1.54) is 12.8 Å². The van der Waals surface area contributed by atoms with Gasteiger partial charge in [-0.05, 0) is 48.0 Å². The van der Waals surface area contributed by atoms with Crippen molar-refractivity contribution in [2.75, 3.05) is 74.7 Å². The third kappa shape index (κ3) is 6.20. The number of anilines is 4. The molecule has 2 saturated heterocycles. The normalized spacial score (nSPS) is 15.8. The lowest BCUT2D eigenvalue weighted by Gasteiger charge is -2.35. The maximum absolute atomic E-state index is 12.8. The second-order valence-corrected chi connectivity index (χ2v) is 9.24. The van der Waals surface area contributed by atoms with E-state index in [0.29, 0.717) is 44.1 Å². The lowest BCUT2D eigenvalue weighted by molar-refractivity contribution is -0.130. The van der Waals surface area contributed by atoms with Gasteiger partial charge in [0.15, 0.2) is 0 Å². The van der Waals surface area contributed by atoms with E-state index in [2.05, 4.69) is 32.2 Å². The van der Waals surface area contributed by atoms with Crippen LogP contribution in [-0.2, 0) is 20.7 Å². The number of carbonyl (C=O) groups is 2. The van der Waals surface area contributed by atoms with Crippen molar-refractivity contribution in [3.63, 3.8) is 0 Å². The van der Waals surface area contributed by atoms with Crippen LogP contribution in [0.4, 0.5) is 23.1 Å². The molecule has 0 saturated carbocycles. The van der Waals surface area contributed by atoms with Gasteiger partial charge in [0.2, 0.25) is 11.9 Å². The molecule has 10 heteroatoms. The predicted molar refractivity (Wildman–Crippen MR) is 145 cm³/mol. The number of ether oxygens (including phenoxy) is 2. The van der Waals surface area contributed by atoms with E-state index in [1.54, 1.807) is 30.5 Å². The quantitative estimate of drug-likeness (QED) is 0.475. The minimum Gasteiger partial charge on any atom is -0.465 e. The van der Waals surface area contributed by atoms with E-state index in [-0.39, 0.29) is 11.9 Å². The van der Waals surface area contributed by atoms with Crippen LogP contribution in [0, 0.1) is 0 Å². The lowest BCUT2D eigenvalue weighted by atomic mass is 10.1. The highest BCUT2D eigenvalue weighted by Crippen LogP contribution is 2.22. The molecule has 2 aromatic carbocycles. The van der Waals surface area contributed by atoms with Gasteiger partial charge in [-0.25, -0.2) is 9.78 Å². The largest absolute Gasteiger partial charge is 0.465 e. The SMILES string of the molecule is COC(=O)c1ccc(CC(=O)N2CCN(c3ccnc(Nc4ccc(N5CCOCC5)cc4)n3)CC2)cc1. The Labute approximate surface area is 222 Å². The van der Waals surface area contributed by atoms with E-state index in [1.807, 2.05) is 23.1 Å². The standard InChI is InChI=1S/C28H32N6O4/c1-37-27(36)22-4-2-21(3-5-22)20-26(35)34-14-12-33(13-15-34)25-10-11-29-28(31-25)30-23-6-8-24(9-7-23)32-16-18-38-19-17-32/h2-11H,12-20H2,1H3,(H,29,30,31). The Morgan fingerprint density at radius 2 is 1.61 bits per heavy atom. The number of morpholine rings is 1. The van der Waals surface area contributed by atoms with Crippen LogP contribution >= 0.6 is 0 Å². The van der Waals surface area contributed by atoms with Gasteiger partial charge in [0.05, 0.1) is 32.3 Å². The Morgan fingerprint density at radius 1 is 0.895 bits per heavy atom. The van der Waals surface area contributed by atoms with Gasteiger partial charge in [-0.3, -0.25) is 4.79 Å². The molecule has 2 aliphatic rings. The predicted octanol–water partition coefficient (Wildman–Crippen LogP) is 2.73. The summed E-state index contributed by atoms with van der Waals surface area (Å²) in [4.78, 5) is 39.9. The Bertz CT molecular complexity index is 1240. The minimum absolute atomic E-state index is 0.0704. The first-order valence-electron chi connectivity index (χ1n) is 12.8. The van der Waals surface area contributed by atoms with Crippen LogP contribution in [0.15, 0.2) is 60.8 Å². The molecule has 0 atom stereocenters. The van der Waals surface area contributed by atoms with Crippen molar-refractivity contribution in [2.24, 2.45) is 0 Å². The number of nitrogens with one attached hydrogen (secondary N) is 1. The van der Waals surface area contributed by atoms with Gasteiger partial charge in [-0.1, -0.05) is 12.1 Å². The van der Waals surface area contributed by atoms with Crippen molar-refractivity contribution in [1.82, 2.24) is 14.9 Å². The molecule has 0 aliphatic carbocycles. The lowest BCUT2D eigenvalue weighted by Crippen LogP contribution is -2.49. The average Bonchev–Trinajstić information content (AvgIpc) is 2.98. The molecule has 0 radical (unpaired) electrons. The number of esters is 1. The zero-order valence-electron chi connectivity index (χ0n) is 21.5. The number of piperazine rings is 1. The van der Waals surface area contributed by atoms with Crippen LogP contribution in [0.25, 0.3) is 0 Å². The first-order chi connectivity index (χ1) is 18.6. The number of hydrogen-bond acceptors (Lipinski definition) is 9. The van der Waals surface area contributed by atoms with Gasteiger partial charge in [0.25, 0.3) is 0 Å². The van der Waals surface area contributed by atoms with Crippen molar-refractivity contribution < 1.29 is 19.1 Å². The van der Waals surface area contributed by atoms with E-state index >= 15 is 0 Å². The number of rotatable bonds is 7. The van der Waals surface area contributed by atoms with Crippen LogP contribution in [0.1, 0.15) is 15.9 Å².